The smallest absolute Gasteiger partial charge is 0.190 e. The molecule has 3 fully saturated rings. The predicted octanol–water partition coefficient (Wildman–Crippen LogP) is 0.128. The minimum Gasteiger partial charge on any atom is -0.396 e. The Kier molecular flexibility index (Phi) is 3.61. The topological polar surface area (TPSA) is 86.6 Å². The summed E-state index contributed by atoms with van der Waals surface area (Å²) < 4.78 is 28.6. The van der Waals surface area contributed by atoms with E-state index in [4.69, 9.17) is 23.7 Å². The molecule has 0 radical (unpaired) electrons. The van der Waals surface area contributed by atoms with Gasteiger partial charge in [-0.1, -0.05) is 0 Å². The van der Waals surface area contributed by atoms with E-state index in [9.17, 15) is 10.2 Å². The average Bonchev–Trinajstić information content (AvgIpc) is 2.92. The molecule has 0 aromatic rings. The number of ether oxygens (including phenoxy) is 5. The highest BCUT2D eigenvalue weighted by Gasteiger charge is 2.65. The molecule has 2 N–H and O–H groups in total. The van der Waals surface area contributed by atoms with Crippen LogP contribution in [-0.4, -0.2) is 65.2 Å². The van der Waals surface area contributed by atoms with Crippen LogP contribution in [0, 0.1) is 0 Å². The molecule has 3 saturated heterocycles. The minimum absolute atomic E-state index is 0.124. The van der Waals surface area contributed by atoms with Crippen LogP contribution in [-0.2, 0) is 23.7 Å². The standard InChI is InChI=1S/C14H24O7/c1-12(2)17-7-8(19-12)9-14(16,5-6-15)10-11(18-9)21-13(3,4)20-10/h8-11,15-16H,5-7H2,1-4H3/t8-,9-,10+,11?,14-/m1/s1. The molecule has 0 aromatic heterocycles. The lowest BCUT2D eigenvalue weighted by atomic mass is 9.86. The van der Waals surface area contributed by atoms with Crippen molar-refractivity contribution in [3.8, 4) is 0 Å². The Morgan fingerprint density at radius 2 is 1.71 bits per heavy atom. The summed E-state index contributed by atoms with van der Waals surface area (Å²) in [6.07, 6.45) is -2.31. The Morgan fingerprint density at radius 3 is 2.29 bits per heavy atom. The van der Waals surface area contributed by atoms with Crippen molar-refractivity contribution in [1.29, 1.82) is 0 Å². The molecule has 0 spiro atoms. The van der Waals surface area contributed by atoms with Crippen LogP contribution in [0.15, 0.2) is 0 Å². The van der Waals surface area contributed by atoms with Crippen molar-refractivity contribution in [2.24, 2.45) is 0 Å². The van der Waals surface area contributed by atoms with Gasteiger partial charge in [0.05, 0.1) is 6.61 Å². The third-order valence-electron chi connectivity index (χ3n) is 4.20. The first-order valence-corrected chi connectivity index (χ1v) is 7.33. The third-order valence-corrected chi connectivity index (χ3v) is 4.20. The fourth-order valence-corrected chi connectivity index (χ4v) is 3.33. The van der Waals surface area contributed by atoms with Crippen molar-refractivity contribution >= 4 is 0 Å². The lowest BCUT2D eigenvalue weighted by molar-refractivity contribution is -0.249. The van der Waals surface area contributed by atoms with E-state index in [-0.39, 0.29) is 13.0 Å². The Labute approximate surface area is 124 Å². The van der Waals surface area contributed by atoms with Crippen molar-refractivity contribution in [3.63, 3.8) is 0 Å². The van der Waals surface area contributed by atoms with Gasteiger partial charge in [-0.3, -0.25) is 0 Å². The van der Waals surface area contributed by atoms with Gasteiger partial charge in [0.2, 0.25) is 0 Å². The molecule has 7 heteroatoms. The second kappa shape index (κ2) is 4.86. The first-order valence-electron chi connectivity index (χ1n) is 7.33. The van der Waals surface area contributed by atoms with E-state index in [2.05, 4.69) is 0 Å². The minimum atomic E-state index is -1.37. The molecule has 0 aliphatic carbocycles. The molecule has 21 heavy (non-hydrogen) atoms. The van der Waals surface area contributed by atoms with Gasteiger partial charge < -0.3 is 33.9 Å². The summed E-state index contributed by atoms with van der Waals surface area (Å²) in [6.45, 7) is 7.28. The van der Waals surface area contributed by atoms with Crippen molar-refractivity contribution < 1.29 is 33.9 Å². The van der Waals surface area contributed by atoms with E-state index in [0.717, 1.165) is 0 Å². The van der Waals surface area contributed by atoms with Crippen molar-refractivity contribution in [1.82, 2.24) is 0 Å². The zero-order valence-corrected chi connectivity index (χ0v) is 12.9. The fraction of sp³-hybridized carbons (Fsp3) is 1.00. The fourth-order valence-electron chi connectivity index (χ4n) is 3.33. The maximum atomic E-state index is 11.1. The van der Waals surface area contributed by atoms with Crippen LogP contribution in [0.25, 0.3) is 0 Å². The van der Waals surface area contributed by atoms with Gasteiger partial charge in [0.15, 0.2) is 17.9 Å². The quantitative estimate of drug-likeness (QED) is 0.766. The highest BCUT2D eigenvalue weighted by atomic mass is 16.8. The number of fused-ring (bicyclic) bond motifs is 1. The van der Waals surface area contributed by atoms with E-state index in [0.29, 0.717) is 6.61 Å². The third kappa shape index (κ3) is 2.61. The molecule has 3 rings (SSSR count). The zero-order valence-electron chi connectivity index (χ0n) is 12.9. The maximum Gasteiger partial charge on any atom is 0.190 e. The largest absolute Gasteiger partial charge is 0.396 e. The molecule has 5 atom stereocenters. The monoisotopic (exact) mass is 304 g/mol. The molecule has 122 valence electrons. The van der Waals surface area contributed by atoms with Crippen LogP contribution in [0.5, 0.6) is 0 Å². The second-order valence-corrected chi connectivity index (χ2v) is 6.81. The highest BCUT2D eigenvalue weighted by Crippen LogP contribution is 2.47. The summed E-state index contributed by atoms with van der Waals surface area (Å²) in [5, 5.41) is 20.4. The van der Waals surface area contributed by atoms with E-state index < -0.39 is 41.8 Å². The van der Waals surface area contributed by atoms with Crippen molar-refractivity contribution in [2.75, 3.05) is 13.2 Å². The van der Waals surface area contributed by atoms with Gasteiger partial charge in [0, 0.05) is 13.0 Å². The SMILES string of the molecule is CC1(C)OC[C@H]([C@H]2OC3OC(C)(C)O[C@@H]3[C@@]2(O)CCO)O1. The molecule has 0 bridgehead atoms. The number of hydrogen-bond acceptors (Lipinski definition) is 7. The number of aliphatic hydroxyl groups is 2. The number of aliphatic hydroxyl groups excluding tert-OH is 1. The van der Waals surface area contributed by atoms with Gasteiger partial charge in [-0.2, -0.15) is 0 Å². The Bertz CT molecular complexity index is 410. The van der Waals surface area contributed by atoms with Gasteiger partial charge in [-0.15, -0.1) is 0 Å². The summed E-state index contributed by atoms with van der Waals surface area (Å²) in [6, 6.07) is 0. The maximum absolute atomic E-state index is 11.1. The molecule has 3 aliphatic rings. The van der Waals surface area contributed by atoms with E-state index in [1.807, 2.05) is 13.8 Å². The van der Waals surface area contributed by atoms with E-state index in [1.54, 1.807) is 13.8 Å². The highest BCUT2D eigenvalue weighted by molar-refractivity contribution is 5.08. The number of rotatable bonds is 3. The molecular weight excluding hydrogens is 280 g/mol. The summed E-state index contributed by atoms with van der Waals surface area (Å²) in [7, 11) is 0. The normalized spacial score (nSPS) is 47.7. The first-order chi connectivity index (χ1) is 9.67. The van der Waals surface area contributed by atoms with Crippen LogP contribution < -0.4 is 0 Å². The van der Waals surface area contributed by atoms with Gasteiger partial charge in [0.1, 0.15) is 23.9 Å². The van der Waals surface area contributed by atoms with Crippen molar-refractivity contribution in [3.05, 3.63) is 0 Å². The van der Waals surface area contributed by atoms with E-state index in [1.165, 1.54) is 0 Å². The van der Waals surface area contributed by atoms with Crippen molar-refractivity contribution in [2.45, 2.75) is 75.9 Å². The van der Waals surface area contributed by atoms with Gasteiger partial charge in [-0.25, -0.2) is 0 Å². The number of hydrogen-bond donors (Lipinski definition) is 2. The Balaban J connectivity index is 1.82. The van der Waals surface area contributed by atoms with Gasteiger partial charge in [0.25, 0.3) is 0 Å². The zero-order chi connectivity index (χ0) is 15.5. The Hall–Kier alpha value is -0.280. The predicted molar refractivity (Wildman–Crippen MR) is 70.3 cm³/mol. The molecular formula is C14H24O7. The lowest BCUT2D eigenvalue weighted by Crippen LogP contribution is -2.54. The second-order valence-electron chi connectivity index (χ2n) is 6.81. The summed E-state index contributed by atoms with van der Waals surface area (Å²) in [5.41, 5.74) is -1.37. The van der Waals surface area contributed by atoms with Gasteiger partial charge in [-0.05, 0) is 27.7 Å². The van der Waals surface area contributed by atoms with Crippen LogP contribution in [0.1, 0.15) is 34.1 Å². The summed E-state index contributed by atoms with van der Waals surface area (Å²) in [4.78, 5) is 0. The molecule has 3 heterocycles. The lowest BCUT2D eigenvalue weighted by Gasteiger charge is -2.35. The Morgan fingerprint density at radius 1 is 1.00 bits per heavy atom. The molecule has 0 saturated carbocycles. The average molecular weight is 304 g/mol. The molecule has 0 amide bonds. The van der Waals surface area contributed by atoms with Crippen LogP contribution in [0.4, 0.5) is 0 Å². The summed E-state index contributed by atoms with van der Waals surface area (Å²) in [5.74, 6) is -1.54. The van der Waals surface area contributed by atoms with E-state index >= 15 is 0 Å². The first kappa shape index (κ1) is 15.6. The van der Waals surface area contributed by atoms with Crippen LogP contribution in [0.2, 0.25) is 0 Å². The summed E-state index contributed by atoms with van der Waals surface area (Å²) >= 11 is 0. The van der Waals surface area contributed by atoms with Crippen LogP contribution >= 0.6 is 0 Å². The van der Waals surface area contributed by atoms with Gasteiger partial charge >= 0.3 is 0 Å². The molecule has 7 nitrogen and oxygen atoms in total. The molecule has 1 unspecified atom stereocenters. The molecule has 3 aliphatic heterocycles. The molecule has 0 aromatic carbocycles. The van der Waals surface area contributed by atoms with Crippen LogP contribution in [0.3, 0.4) is 0 Å².